The molecule has 1 aliphatic carbocycles. The number of nitrogens with one attached hydrogen (secondary N) is 1. The van der Waals surface area contributed by atoms with Gasteiger partial charge in [0.25, 0.3) is 0 Å². The van der Waals surface area contributed by atoms with Gasteiger partial charge in [0.1, 0.15) is 24.5 Å². The van der Waals surface area contributed by atoms with Crippen LogP contribution in [0.4, 0.5) is 5.82 Å². The number of hydrogen-bond acceptors (Lipinski definition) is 4. The number of ether oxygens (including phenoxy) is 1. The number of aryl methyl sites for hydroxylation is 1. The molecule has 0 radical (unpaired) electrons. The Morgan fingerprint density at radius 3 is 2.48 bits per heavy atom. The first-order valence-electron chi connectivity index (χ1n) is 9.71. The summed E-state index contributed by atoms with van der Waals surface area (Å²) in [5.41, 5.74) is 5.10. The highest BCUT2D eigenvalue weighted by Gasteiger charge is 2.14. The fourth-order valence-electron chi connectivity index (χ4n) is 3.55. The first-order chi connectivity index (χ1) is 13.4. The third kappa shape index (κ3) is 4.64. The Kier molecular flexibility index (Phi) is 5.63. The molecule has 1 N–H and O–H groups in total. The molecule has 0 atom stereocenters. The Morgan fingerprint density at radius 1 is 0.852 bits per heavy atom. The molecule has 4 heteroatoms. The van der Waals surface area contributed by atoms with Crippen LogP contribution in [0.25, 0.3) is 0 Å². The second-order valence-electron chi connectivity index (χ2n) is 6.94. The Balaban J connectivity index is 1.26. The zero-order valence-corrected chi connectivity index (χ0v) is 15.5. The van der Waals surface area contributed by atoms with Crippen molar-refractivity contribution < 1.29 is 4.74 Å². The molecule has 3 aromatic rings. The van der Waals surface area contributed by atoms with Gasteiger partial charge in [-0.05, 0) is 55.4 Å². The van der Waals surface area contributed by atoms with Gasteiger partial charge in [0, 0.05) is 11.3 Å². The molecule has 0 unspecified atom stereocenters. The van der Waals surface area contributed by atoms with Gasteiger partial charge in [-0.15, -0.1) is 0 Å². The molecule has 0 spiro atoms. The molecule has 4 rings (SSSR count). The van der Waals surface area contributed by atoms with Crippen LogP contribution in [0.1, 0.15) is 35.2 Å². The van der Waals surface area contributed by atoms with Crippen LogP contribution in [0, 0.1) is 0 Å². The highest BCUT2D eigenvalue weighted by atomic mass is 16.5. The first kappa shape index (κ1) is 17.5. The topological polar surface area (TPSA) is 47.0 Å². The summed E-state index contributed by atoms with van der Waals surface area (Å²) in [6.45, 7) is 1.34. The summed E-state index contributed by atoms with van der Waals surface area (Å²) in [4.78, 5) is 8.82. The molecule has 0 bridgehead atoms. The molecule has 138 valence electrons. The van der Waals surface area contributed by atoms with Crippen molar-refractivity contribution in [1.82, 2.24) is 9.97 Å². The number of aromatic nitrogens is 2. The highest BCUT2D eigenvalue weighted by molar-refractivity contribution is 5.47. The Hall–Kier alpha value is -2.88. The van der Waals surface area contributed by atoms with E-state index in [1.54, 1.807) is 6.33 Å². The van der Waals surface area contributed by atoms with Crippen LogP contribution in [0.5, 0.6) is 5.75 Å². The third-order valence-corrected chi connectivity index (χ3v) is 4.96. The zero-order chi connectivity index (χ0) is 18.3. The van der Waals surface area contributed by atoms with Gasteiger partial charge < -0.3 is 10.1 Å². The monoisotopic (exact) mass is 359 g/mol. The molecule has 0 saturated heterocycles. The van der Waals surface area contributed by atoms with E-state index in [1.165, 1.54) is 35.2 Å². The maximum atomic E-state index is 5.87. The smallest absolute Gasteiger partial charge is 0.132 e. The summed E-state index contributed by atoms with van der Waals surface area (Å²) in [6.07, 6.45) is 7.20. The van der Waals surface area contributed by atoms with Crippen LogP contribution in [-0.4, -0.2) is 23.1 Å². The second-order valence-corrected chi connectivity index (χ2v) is 6.94. The predicted octanol–water partition coefficient (Wildman–Crippen LogP) is 4.44. The minimum atomic E-state index is 0.608. The fraction of sp³-hybridized carbons (Fsp3) is 0.304. The summed E-state index contributed by atoms with van der Waals surface area (Å²) in [5, 5.41) is 3.41. The van der Waals surface area contributed by atoms with Crippen molar-refractivity contribution in [2.24, 2.45) is 0 Å². The van der Waals surface area contributed by atoms with Crippen molar-refractivity contribution in [2.75, 3.05) is 18.5 Å². The van der Waals surface area contributed by atoms with Crippen LogP contribution in [0.15, 0.2) is 60.9 Å². The summed E-state index contributed by atoms with van der Waals surface area (Å²) < 4.78 is 5.87. The lowest BCUT2D eigenvalue weighted by atomic mass is 9.96. The molecule has 1 heterocycles. The number of hydrogen-bond donors (Lipinski definition) is 1. The lowest BCUT2D eigenvalue weighted by molar-refractivity contribution is 0.332. The molecular formula is C23H25N3O. The van der Waals surface area contributed by atoms with Crippen LogP contribution in [-0.2, 0) is 19.3 Å². The number of nitrogens with zero attached hydrogens (tertiary/aromatic N) is 2. The zero-order valence-electron chi connectivity index (χ0n) is 15.5. The number of rotatable bonds is 7. The van der Waals surface area contributed by atoms with Gasteiger partial charge in [0.15, 0.2) is 0 Å². The normalized spacial score (nSPS) is 13.0. The van der Waals surface area contributed by atoms with Crippen molar-refractivity contribution in [3.8, 4) is 5.75 Å². The average Bonchev–Trinajstić information content (AvgIpc) is 2.73. The summed E-state index contributed by atoms with van der Waals surface area (Å²) >= 11 is 0. The van der Waals surface area contributed by atoms with Gasteiger partial charge in [-0.25, -0.2) is 9.97 Å². The molecule has 4 nitrogen and oxygen atoms in total. The van der Waals surface area contributed by atoms with E-state index in [4.69, 9.17) is 4.74 Å². The highest BCUT2D eigenvalue weighted by Crippen LogP contribution is 2.24. The SMILES string of the molecule is c1ccc(Cc2ccc(OCCNc3ncnc4c3CCCC4)cc2)cc1. The fourth-order valence-corrected chi connectivity index (χ4v) is 3.55. The van der Waals surface area contributed by atoms with Crippen molar-refractivity contribution in [2.45, 2.75) is 32.1 Å². The molecule has 27 heavy (non-hydrogen) atoms. The van der Waals surface area contributed by atoms with Gasteiger partial charge in [-0.1, -0.05) is 42.5 Å². The number of benzene rings is 2. The summed E-state index contributed by atoms with van der Waals surface area (Å²) in [5.74, 6) is 1.87. The summed E-state index contributed by atoms with van der Waals surface area (Å²) in [6, 6.07) is 18.9. The van der Waals surface area contributed by atoms with E-state index in [2.05, 4.69) is 51.7 Å². The van der Waals surface area contributed by atoms with E-state index in [0.717, 1.165) is 37.4 Å². The second kappa shape index (κ2) is 8.67. The Bertz CT molecular complexity index is 863. The van der Waals surface area contributed by atoms with Crippen molar-refractivity contribution in [1.29, 1.82) is 0 Å². The van der Waals surface area contributed by atoms with E-state index in [9.17, 15) is 0 Å². The Morgan fingerprint density at radius 2 is 1.63 bits per heavy atom. The van der Waals surface area contributed by atoms with Gasteiger partial charge in [0.05, 0.1) is 6.54 Å². The van der Waals surface area contributed by atoms with E-state index < -0.39 is 0 Å². The van der Waals surface area contributed by atoms with Crippen molar-refractivity contribution in [3.05, 3.63) is 83.3 Å². The van der Waals surface area contributed by atoms with Gasteiger partial charge in [-0.3, -0.25) is 0 Å². The minimum absolute atomic E-state index is 0.608. The average molecular weight is 359 g/mol. The van der Waals surface area contributed by atoms with Crippen LogP contribution in [0.3, 0.4) is 0 Å². The molecule has 0 saturated carbocycles. The lowest BCUT2D eigenvalue weighted by Crippen LogP contribution is -2.16. The van der Waals surface area contributed by atoms with Crippen LogP contribution in [0.2, 0.25) is 0 Å². The predicted molar refractivity (Wildman–Crippen MR) is 108 cm³/mol. The van der Waals surface area contributed by atoms with Crippen LogP contribution < -0.4 is 10.1 Å². The molecule has 0 amide bonds. The van der Waals surface area contributed by atoms with Crippen molar-refractivity contribution >= 4 is 5.82 Å². The van der Waals surface area contributed by atoms with Crippen molar-refractivity contribution in [3.63, 3.8) is 0 Å². The quantitative estimate of drug-likeness (QED) is 0.634. The van der Waals surface area contributed by atoms with Gasteiger partial charge >= 0.3 is 0 Å². The maximum absolute atomic E-state index is 5.87. The number of anilines is 1. The van der Waals surface area contributed by atoms with E-state index in [-0.39, 0.29) is 0 Å². The Labute approximate surface area is 160 Å². The van der Waals surface area contributed by atoms with E-state index in [1.807, 2.05) is 18.2 Å². The number of fused-ring (bicyclic) bond motifs is 1. The molecular weight excluding hydrogens is 334 g/mol. The van der Waals surface area contributed by atoms with Crippen LogP contribution >= 0.6 is 0 Å². The molecule has 1 aliphatic rings. The summed E-state index contributed by atoms with van der Waals surface area (Å²) in [7, 11) is 0. The van der Waals surface area contributed by atoms with E-state index >= 15 is 0 Å². The largest absolute Gasteiger partial charge is 0.492 e. The molecule has 0 aliphatic heterocycles. The van der Waals surface area contributed by atoms with E-state index in [0.29, 0.717) is 6.61 Å². The standard InChI is InChI=1S/C23H25N3O/c1-2-6-18(7-3-1)16-19-10-12-20(13-11-19)27-15-14-24-23-21-8-4-5-9-22(21)25-17-26-23/h1-3,6-7,10-13,17H,4-5,8-9,14-16H2,(H,24,25,26). The first-order valence-corrected chi connectivity index (χ1v) is 9.71. The molecule has 0 fully saturated rings. The van der Waals surface area contributed by atoms with Gasteiger partial charge in [0.2, 0.25) is 0 Å². The maximum Gasteiger partial charge on any atom is 0.132 e. The third-order valence-electron chi connectivity index (χ3n) is 4.96. The molecule has 2 aromatic carbocycles. The van der Waals surface area contributed by atoms with Gasteiger partial charge in [-0.2, -0.15) is 0 Å². The minimum Gasteiger partial charge on any atom is -0.492 e. The lowest BCUT2D eigenvalue weighted by Gasteiger charge is -2.18. The molecule has 1 aromatic heterocycles.